The van der Waals surface area contributed by atoms with Crippen molar-refractivity contribution < 1.29 is 19.4 Å². The van der Waals surface area contributed by atoms with Gasteiger partial charge < -0.3 is 9.84 Å². The van der Waals surface area contributed by atoms with Crippen LogP contribution in [0.25, 0.3) is 0 Å². The van der Waals surface area contributed by atoms with Gasteiger partial charge in [-0.15, -0.1) is 0 Å². The summed E-state index contributed by atoms with van der Waals surface area (Å²) in [5, 5.41) is 12.7. The number of amides is 1. The minimum atomic E-state index is -0.991. The van der Waals surface area contributed by atoms with E-state index in [9.17, 15) is 9.59 Å². The van der Waals surface area contributed by atoms with Crippen LogP contribution in [0.1, 0.15) is 26.3 Å². The van der Waals surface area contributed by atoms with Gasteiger partial charge in [0.15, 0.2) is 0 Å². The van der Waals surface area contributed by atoms with E-state index >= 15 is 0 Å². The number of nitrogens with zero attached hydrogens (tertiary/aromatic N) is 1. The molecule has 2 aromatic rings. The number of halogens is 1. The molecule has 2 aromatic carbocycles. The molecule has 2 rings (SSSR count). The molecular weight excluding hydrogens is 411 g/mol. The van der Waals surface area contributed by atoms with Crippen LogP contribution < -0.4 is 10.2 Å². The lowest BCUT2D eigenvalue weighted by molar-refractivity contribution is 0.0696. The van der Waals surface area contributed by atoms with Crippen molar-refractivity contribution in [2.75, 3.05) is 7.11 Å². The monoisotopic (exact) mass is 424 g/mol. The number of rotatable bonds is 5. The summed E-state index contributed by atoms with van der Waals surface area (Å²) in [5.74, 6) is -0.737. The van der Waals surface area contributed by atoms with E-state index in [2.05, 4.69) is 33.1 Å². The van der Waals surface area contributed by atoms with Crippen LogP contribution in [0.5, 0.6) is 5.75 Å². The van der Waals surface area contributed by atoms with Crippen molar-refractivity contribution in [3.8, 4) is 5.75 Å². The van der Waals surface area contributed by atoms with Gasteiger partial charge >= 0.3 is 5.97 Å². The van der Waals surface area contributed by atoms with Crippen molar-refractivity contribution in [1.29, 1.82) is 0 Å². The number of methoxy groups -OCH3 is 1. The van der Waals surface area contributed by atoms with Crippen molar-refractivity contribution in [2.24, 2.45) is 5.10 Å². The first-order valence-electron chi connectivity index (χ1n) is 6.51. The lowest BCUT2D eigenvalue weighted by Crippen LogP contribution is -2.17. The van der Waals surface area contributed by atoms with Crippen LogP contribution >= 0.6 is 22.6 Å². The highest BCUT2D eigenvalue weighted by Crippen LogP contribution is 2.21. The molecule has 0 aliphatic carbocycles. The van der Waals surface area contributed by atoms with Crippen molar-refractivity contribution in [3.05, 3.63) is 62.7 Å². The summed E-state index contributed by atoms with van der Waals surface area (Å²) >= 11 is 2.12. The minimum absolute atomic E-state index is 0.192. The molecule has 0 unspecified atom stereocenters. The maximum Gasteiger partial charge on any atom is 0.335 e. The molecule has 0 aromatic heterocycles. The number of carboxylic acids is 1. The number of carbonyl (C=O) groups is 2. The van der Waals surface area contributed by atoms with Gasteiger partial charge in [0.2, 0.25) is 0 Å². The van der Waals surface area contributed by atoms with Gasteiger partial charge in [-0.25, -0.2) is 10.2 Å². The van der Waals surface area contributed by atoms with Gasteiger partial charge in [0, 0.05) is 5.56 Å². The molecular formula is C16H13IN2O4. The van der Waals surface area contributed by atoms with Gasteiger partial charge in [-0.1, -0.05) is 12.1 Å². The fraction of sp³-hybridized carbons (Fsp3) is 0.0625. The zero-order chi connectivity index (χ0) is 16.8. The van der Waals surface area contributed by atoms with Crippen molar-refractivity contribution >= 4 is 40.7 Å². The van der Waals surface area contributed by atoms with E-state index in [1.165, 1.54) is 25.5 Å². The SMILES string of the molecule is COc1cc(C(=O)NN=Cc2ccc(C(=O)O)cc2)ccc1I. The molecule has 0 aliphatic heterocycles. The van der Waals surface area contributed by atoms with Crippen LogP contribution in [0.4, 0.5) is 0 Å². The predicted molar refractivity (Wildman–Crippen MR) is 94.2 cm³/mol. The van der Waals surface area contributed by atoms with Crippen LogP contribution in [0.15, 0.2) is 47.6 Å². The largest absolute Gasteiger partial charge is 0.496 e. The third-order valence-electron chi connectivity index (χ3n) is 2.95. The highest BCUT2D eigenvalue weighted by Gasteiger charge is 2.08. The molecule has 0 radical (unpaired) electrons. The Morgan fingerprint density at radius 2 is 1.83 bits per heavy atom. The predicted octanol–water partition coefficient (Wildman–Crippen LogP) is 2.76. The third kappa shape index (κ3) is 4.52. The molecule has 0 fully saturated rings. The zero-order valence-corrected chi connectivity index (χ0v) is 14.3. The first kappa shape index (κ1) is 16.9. The number of nitrogens with one attached hydrogen (secondary N) is 1. The second-order valence-corrected chi connectivity index (χ2v) is 5.64. The van der Waals surface area contributed by atoms with Crippen LogP contribution in [0.3, 0.4) is 0 Å². The summed E-state index contributed by atoms with van der Waals surface area (Å²) in [4.78, 5) is 22.7. The fourth-order valence-corrected chi connectivity index (χ4v) is 2.30. The summed E-state index contributed by atoms with van der Waals surface area (Å²) in [7, 11) is 1.54. The van der Waals surface area contributed by atoms with Gasteiger partial charge in [-0.2, -0.15) is 5.10 Å². The lowest BCUT2D eigenvalue weighted by Gasteiger charge is -2.05. The second kappa shape index (κ2) is 7.73. The van der Waals surface area contributed by atoms with Crippen molar-refractivity contribution in [3.63, 3.8) is 0 Å². The number of hydrogen-bond donors (Lipinski definition) is 2. The maximum absolute atomic E-state index is 12.0. The average molecular weight is 424 g/mol. The molecule has 0 spiro atoms. The fourth-order valence-electron chi connectivity index (χ4n) is 1.74. The molecule has 0 saturated heterocycles. The number of carbonyl (C=O) groups excluding carboxylic acids is 1. The lowest BCUT2D eigenvalue weighted by atomic mass is 10.1. The van der Waals surface area contributed by atoms with Gasteiger partial charge in [0.25, 0.3) is 5.91 Å². The second-order valence-electron chi connectivity index (χ2n) is 4.48. The van der Waals surface area contributed by atoms with Crippen LogP contribution in [0, 0.1) is 3.57 Å². The van der Waals surface area contributed by atoms with E-state index in [4.69, 9.17) is 9.84 Å². The molecule has 7 heteroatoms. The van der Waals surface area contributed by atoms with Gasteiger partial charge in [-0.05, 0) is 58.5 Å². The molecule has 1 amide bonds. The molecule has 6 nitrogen and oxygen atoms in total. The number of hydrogen-bond acceptors (Lipinski definition) is 4. The van der Waals surface area contributed by atoms with Crippen LogP contribution in [0.2, 0.25) is 0 Å². The molecule has 118 valence electrons. The summed E-state index contributed by atoms with van der Waals surface area (Å²) in [6, 6.07) is 11.2. The number of aromatic carboxylic acids is 1. The topological polar surface area (TPSA) is 88.0 Å². The van der Waals surface area contributed by atoms with E-state index in [-0.39, 0.29) is 11.5 Å². The normalized spacial score (nSPS) is 10.5. The summed E-state index contributed by atoms with van der Waals surface area (Å²) in [5.41, 5.74) is 3.71. The van der Waals surface area contributed by atoms with Crippen molar-refractivity contribution in [2.45, 2.75) is 0 Å². The van der Waals surface area contributed by atoms with Gasteiger partial charge in [0.05, 0.1) is 22.5 Å². The van der Waals surface area contributed by atoms with E-state index in [0.717, 1.165) is 3.57 Å². The Morgan fingerprint density at radius 1 is 1.17 bits per heavy atom. The average Bonchev–Trinajstić information content (AvgIpc) is 2.55. The maximum atomic E-state index is 12.0. The first-order valence-corrected chi connectivity index (χ1v) is 7.59. The highest BCUT2D eigenvalue weighted by molar-refractivity contribution is 14.1. The molecule has 0 bridgehead atoms. The number of benzene rings is 2. The Labute approximate surface area is 146 Å². The highest BCUT2D eigenvalue weighted by atomic mass is 127. The number of carboxylic acid groups (broad SMARTS) is 1. The van der Waals surface area contributed by atoms with E-state index in [1.807, 2.05) is 0 Å². The van der Waals surface area contributed by atoms with Crippen LogP contribution in [-0.4, -0.2) is 30.3 Å². The Kier molecular flexibility index (Phi) is 5.69. The Balaban J connectivity index is 2.02. The standard InChI is InChI=1S/C16H13IN2O4/c1-23-14-8-12(6-7-13(14)17)15(20)19-18-9-10-2-4-11(5-3-10)16(21)22/h2-9H,1H3,(H,19,20)(H,21,22). The Morgan fingerprint density at radius 3 is 2.43 bits per heavy atom. The van der Waals surface area contributed by atoms with Gasteiger partial charge in [0.1, 0.15) is 5.75 Å². The van der Waals surface area contributed by atoms with E-state index < -0.39 is 5.97 Å². The number of hydrazone groups is 1. The van der Waals surface area contributed by atoms with Gasteiger partial charge in [-0.3, -0.25) is 4.79 Å². The first-order chi connectivity index (χ1) is 11.0. The minimum Gasteiger partial charge on any atom is -0.496 e. The third-order valence-corrected chi connectivity index (χ3v) is 3.84. The molecule has 2 N–H and O–H groups in total. The van der Waals surface area contributed by atoms with E-state index in [1.54, 1.807) is 30.3 Å². The molecule has 0 saturated carbocycles. The molecule has 0 atom stereocenters. The number of ether oxygens (including phenoxy) is 1. The Hall–Kier alpha value is -2.42. The smallest absolute Gasteiger partial charge is 0.335 e. The van der Waals surface area contributed by atoms with E-state index in [0.29, 0.717) is 16.9 Å². The molecule has 0 heterocycles. The zero-order valence-electron chi connectivity index (χ0n) is 12.1. The van der Waals surface area contributed by atoms with Crippen LogP contribution in [-0.2, 0) is 0 Å². The summed E-state index contributed by atoms with van der Waals surface area (Å²) in [6.07, 6.45) is 1.44. The quantitative estimate of drug-likeness (QED) is 0.439. The van der Waals surface area contributed by atoms with Crippen molar-refractivity contribution in [1.82, 2.24) is 5.43 Å². The summed E-state index contributed by atoms with van der Waals surface area (Å²) in [6.45, 7) is 0. The molecule has 0 aliphatic rings. The molecule has 23 heavy (non-hydrogen) atoms. The summed E-state index contributed by atoms with van der Waals surface area (Å²) < 4.78 is 6.07. The Bertz CT molecular complexity index is 757.